The number of hydrogen-bond donors (Lipinski definition) is 5. The first-order valence-electron chi connectivity index (χ1n) is 9.21. The topological polar surface area (TPSA) is 223 Å². The van der Waals surface area contributed by atoms with Crippen LogP contribution in [0.5, 0.6) is 0 Å². The maximum Gasteiger partial charge on any atom is 0.317 e. The van der Waals surface area contributed by atoms with Gasteiger partial charge in [0.15, 0.2) is 0 Å². The van der Waals surface area contributed by atoms with E-state index >= 15 is 0 Å². The fraction of sp³-hybridized carbons (Fsp3) is 0.647. The molecule has 0 aliphatic heterocycles. The number of carboxylic acids is 5. The highest BCUT2D eigenvalue weighted by Crippen LogP contribution is 2.06. The molecule has 0 bridgehead atoms. The van der Waals surface area contributed by atoms with E-state index in [9.17, 15) is 28.8 Å². The monoisotopic (exact) mass is 465 g/mol. The molecule has 0 heterocycles. The molecule has 182 valence electrons. The van der Waals surface area contributed by atoms with Crippen LogP contribution in [-0.2, 0) is 33.5 Å². The summed E-state index contributed by atoms with van der Waals surface area (Å²) in [5.41, 5.74) is 0. The first kappa shape index (κ1) is 28.7. The number of rotatable bonds is 18. The van der Waals surface area contributed by atoms with Gasteiger partial charge in [0.1, 0.15) is 6.61 Å². The summed E-state index contributed by atoms with van der Waals surface area (Å²) >= 11 is 0. The molecule has 0 radical (unpaired) electrons. The van der Waals surface area contributed by atoms with Crippen LogP contribution in [0.25, 0.3) is 0 Å². The summed E-state index contributed by atoms with van der Waals surface area (Å²) < 4.78 is 4.88. The lowest BCUT2D eigenvalue weighted by atomic mass is 10.2. The summed E-state index contributed by atoms with van der Waals surface area (Å²) in [6.45, 7) is -3.20. The molecule has 15 nitrogen and oxygen atoms in total. The maximum atomic E-state index is 11.3. The molecular weight excluding hydrogens is 438 g/mol. The summed E-state index contributed by atoms with van der Waals surface area (Å²) in [5.74, 6) is -7.33. The minimum Gasteiger partial charge on any atom is -0.480 e. The third kappa shape index (κ3) is 14.6. The lowest BCUT2D eigenvalue weighted by molar-refractivity contribution is -0.148. The molecule has 0 aliphatic carbocycles. The van der Waals surface area contributed by atoms with Crippen molar-refractivity contribution >= 4 is 35.8 Å². The predicted octanol–water partition coefficient (Wildman–Crippen LogP) is -2.75. The quantitative estimate of drug-likeness (QED) is 0.129. The highest BCUT2D eigenvalue weighted by atomic mass is 16.5. The number of hydrogen-bond acceptors (Lipinski definition) is 10. The molecule has 0 spiro atoms. The fourth-order valence-corrected chi connectivity index (χ4v) is 2.75. The minimum atomic E-state index is -1.36. The zero-order chi connectivity index (χ0) is 24.8. The average Bonchev–Trinajstić information content (AvgIpc) is 2.59. The van der Waals surface area contributed by atoms with Crippen LogP contribution in [0.4, 0.5) is 0 Å². The number of ether oxygens (including phenoxy) is 1. The van der Waals surface area contributed by atoms with E-state index in [1.165, 1.54) is 4.90 Å². The Morgan fingerprint density at radius 2 is 1.03 bits per heavy atom. The van der Waals surface area contributed by atoms with E-state index < -0.39 is 81.2 Å². The van der Waals surface area contributed by atoms with Gasteiger partial charge in [-0.05, 0) is 0 Å². The third-order valence-corrected chi connectivity index (χ3v) is 3.95. The zero-order valence-corrected chi connectivity index (χ0v) is 17.4. The van der Waals surface area contributed by atoms with E-state index in [1.807, 2.05) is 0 Å². The number of carbonyl (C=O) groups excluding carboxylic acids is 1. The van der Waals surface area contributed by atoms with Gasteiger partial charge in [-0.3, -0.25) is 43.5 Å². The lowest BCUT2D eigenvalue weighted by Crippen LogP contribution is -2.52. The second-order valence-electron chi connectivity index (χ2n) is 6.78. The number of aliphatic carboxylic acids is 5. The molecule has 15 heteroatoms. The van der Waals surface area contributed by atoms with Crippen LogP contribution in [0.3, 0.4) is 0 Å². The van der Waals surface area contributed by atoms with Crippen LogP contribution in [0, 0.1) is 0 Å². The molecule has 0 saturated heterocycles. The molecule has 0 amide bonds. The molecular formula is C17H27N3O12. The van der Waals surface area contributed by atoms with Gasteiger partial charge in [-0.2, -0.15) is 0 Å². The van der Waals surface area contributed by atoms with Crippen molar-refractivity contribution in [3.63, 3.8) is 0 Å². The minimum absolute atomic E-state index is 0.141. The summed E-state index contributed by atoms with van der Waals surface area (Å²) in [5, 5.41) is 45.1. The van der Waals surface area contributed by atoms with Crippen LogP contribution in [-0.4, -0.2) is 141 Å². The van der Waals surface area contributed by atoms with Crippen LogP contribution in [0.2, 0.25) is 0 Å². The van der Waals surface area contributed by atoms with E-state index in [0.717, 1.165) is 16.7 Å². The van der Waals surface area contributed by atoms with Crippen molar-refractivity contribution in [1.82, 2.24) is 14.7 Å². The van der Waals surface area contributed by atoms with Crippen molar-refractivity contribution in [2.75, 3.05) is 59.0 Å². The fourth-order valence-electron chi connectivity index (χ4n) is 2.75. The number of carbonyl (C=O) groups is 6. The predicted molar refractivity (Wildman–Crippen MR) is 103 cm³/mol. The standard InChI is InChI=1S/C17H27N3O12/c1-11(21)32-10-12(20(8-16(28)29)9-17(30)31)4-18(5-13(22)23)2-3-19(6-14(24)25)7-15(26)27/h12H,2-10H2,1H3,(H,22,23)(H,24,25)(H,26,27)(H,28,29)(H,30,31). The van der Waals surface area contributed by atoms with Crippen molar-refractivity contribution in [3.8, 4) is 0 Å². The Morgan fingerprint density at radius 3 is 1.41 bits per heavy atom. The number of nitrogens with zero attached hydrogens (tertiary/aromatic N) is 3. The van der Waals surface area contributed by atoms with Gasteiger partial charge >= 0.3 is 35.8 Å². The first-order chi connectivity index (χ1) is 14.8. The van der Waals surface area contributed by atoms with Crippen molar-refractivity contribution in [1.29, 1.82) is 0 Å². The molecule has 0 rings (SSSR count). The van der Waals surface area contributed by atoms with Gasteiger partial charge in [0.2, 0.25) is 0 Å². The van der Waals surface area contributed by atoms with Gasteiger partial charge in [0.05, 0.1) is 38.8 Å². The van der Waals surface area contributed by atoms with Crippen molar-refractivity contribution in [3.05, 3.63) is 0 Å². The molecule has 32 heavy (non-hydrogen) atoms. The molecule has 0 saturated carbocycles. The van der Waals surface area contributed by atoms with Crippen LogP contribution < -0.4 is 0 Å². The van der Waals surface area contributed by atoms with Gasteiger partial charge in [0, 0.05) is 26.6 Å². The van der Waals surface area contributed by atoms with Crippen molar-refractivity contribution in [2.24, 2.45) is 0 Å². The van der Waals surface area contributed by atoms with E-state index in [1.54, 1.807) is 0 Å². The Balaban J connectivity index is 5.59. The average molecular weight is 465 g/mol. The van der Waals surface area contributed by atoms with Crippen molar-refractivity contribution < 1.29 is 59.0 Å². The van der Waals surface area contributed by atoms with E-state index in [-0.39, 0.29) is 19.6 Å². The zero-order valence-electron chi connectivity index (χ0n) is 17.4. The molecule has 0 aliphatic rings. The summed E-state index contributed by atoms with van der Waals surface area (Å²) in [4.78, 5) is 69.9. The molecule has 0 aromatic rings. The van der Waals surface area contributed by atoms with Gasteiger partial charge < -0.3 is 30.3 Å². The van der Waals surface area contributed by atoms with E-state index in [4.69, 9.17) is 30.3 Å². The van der Waals surface area contributed by atoms with Crippen LogP contribution in [0.15, 0.2) is 0 Å². The van der Waals surface area contributed by atoms with Crippen LogP contribution in [0.1, 0.15) is 6.92 Å². The Bertz CT molecular complexity index is 666. The molecule has 5 N–H and O–H groups in total. The number of esters is 1. The highest BCUT2D eigenvalue weighted by Gasteiger charge is 2.27. The number of carboxylic acid groups (broad SMARTS) is 5. The van der Waals surface area contributed by atoms with E-state index in [0.29, 0.717) is 0 Å². The Kier molecular flexibility index (Phi) is 13.1. The Morgan fingerprint density at radius 1 is 0.656 bits per heavy atom. The summed E-state index contributed by atoms with van der Waals surface area (Å²) in [6, 6.07) is -1.03. The summed E-state index contributed by atoms with van der Waals surface area (Å²) in [6.07, 6.45) is 0. The van der Waals surface area contributed by atoms with Gasteiger partial charge in [-0.25, -0.2) is 0 Å². The van der Waals surface area contributed by atoms with Gasteiger partial charge in [-0.1, -0.05) is 0 Å². The SMILES string of the molecule is CC(=O)OCC(CN(CCN(CC(=O)O)CC(=O)O)CC(=O)O)N(CC(=O)O)CC(=O)O. The second kappa shape index (κ2) is 14.7. The first-order valence-corrected chi connectivity index (χ1v) is 9.21. The Hall–Kier alpha value is -3.30. The molecule has 1 unspecified atom stereocenters. The smallest absolute Gasteiger partial charge is 0.317 e. The third-order valence-electron chi connectivity index (χ3n) is 3.95. The molecule has 1 atom stereocenters. The molecule has 0 fully saturated rings. The second-order valence-corrected chi connectivity index (χ2v) is 6.78. The maximum absolute atomic E-state index is 11.3. The largest absolute Gasteiger partial charge is 0.480 e. The van der Waals surface area contributed by atoms with E-state index in [2.05, 4.69) is 0 Å². The van der Waals surface area contributed by atoms with Gasteiger partial charge in [0.25, 0.3) is 0 Å². The van der Waals surface area contributed by atoms with Crippen LogP contribution >= 0.6 is 0 Å². The Labute approximate surface area is 182 Å². The normalized spacial score (nSPS) is 12.0. The molecule has 0 aromatic heterocycles. The van der Waals surface area contributed by atoms with Crippen molar-refractivity contribution in [2.45, 2.75) is 13.0 Å². The summed E-state index contributed by atoms with van der Waals surface area (Å²) in [7, 11) is 0. The van der Waals surface area contributed by atoms with Gasteiger partial charge in [-0.15, -0.1) is 0 Å². The highest BCUT2D eigenvalue weighted by molar-refractivity contribution is 5.73. The molecule has 0 aromatic carbocycles. The lowest BCUT2D eigenvalue weighted by Gasteiger charge is -2.33.